The number of rotatable bonds is 11. The number of nitrogens with one attached hydrogen (secondary N) is 2. The molecule has 28 heavy (non-hydrogen) atoms. The highest BCUT2D eigenvalue weighted by molar-refractivity contribution is 9.10. The lowest BCUT2D eigenvalue weighted by Gasteiger charge is -2.18. The maximum absolute atomic E-state index is 12.5. The topological polar surface area (TPSA) is 84.5 Å². The molecular formula is C19H23BrN2O4S2. The van der Waals surface area contributed by atoms with Crippen LogP contribution in [0.2, 0.25) is 0 Å². The molecule has 0 saturated carbocycles. The van der Waals surface area contributed by atoms with Crippen LogP contribution >= 0.6 is 27.7 Å². The molecule has 152 valence electrons. The highest BCUT2D eigenvalue weighted by Crippen LogP contribution is 2.17. The van der Waals surface area contributed by atoms with Gasteiger partial charge in [-0.1, -0.05) is 40.2 Å². The lowest BCUT2D eigenvalue weighted by molar-refractivity contribution is -0.122. The van der Waals surface area contributed by atoms with Crippen LogP contribution < -0.4 is 14.8 Å². The van der Waals surface area contributed by atoms with E-state index in [2.05, 4.69) is 26.0 Å². The van der Waals surface area contributed by atoms with Crippen LogP contribution in [0, 0.1) is 0 Å². The van der Waals surface area contributed by atoms with Crippen molar-refractivity contribution in [3.8, 4) is 5.75 Å². The Labute approximate surface area is 178 Å². The number of hydrogen-bond donors (Lipinski definition) is 2. The zero-order valence-electron chi connectivity index (χ0n) is 15.4. The molecule has 9 heteroatoms. The van der Waals surface area contributed by atoms with Crippen LogP contribution in [0.5, 0.6) is 5.75 Å². The van der Waals surface area contributed by atoms with E-state index >= 15 is 0 Å². The second kappa shape index (κ2) is 11.5. The van der Waals surface area contributed by atoms with Gasteiger partial charge in [-0.15, -0.1) is 0 Å². The van der Waals surface area contributed by atoms with Gasteiger partial charge in [0.05, 0.1) is 11.4 Å². The third kappa shape index (κ3) is 7.46. The van der Waals surface area contributed by atoms with Gasteiger partial charge in [0.25, 0.3) is 0 Å². The molecule has 6 nitrogen and oxygen atoms in total. The SMILES string of the molecule is CSCCC(NS(=O)(=O)c1ccccc1)C(=O)NCCOc1cccc(Br)c1. The summed E-state index contributed by atoms with van der Waals surface area (Å²) in [6.45, 7) is 0.553. The first-order valence-electron chi connectivity index (χ1n) is 8.65. The predicted molar refractivity (Wildman–Crippen MR) is 116 cm³/mol. The Morgan fingerprint density at radius 1 is 1.18 bits per heavy atom. The molecule has 0 aliphatic heterocycles. The minimum Gasteiger partial charge on any atom is -0.492 e. The molecule has 0 bridgehead atoms. The summed E-state index contributed by atoms with van der Waals surface area (Å²) in [4.78, 5) is 12.6. The number of hydrogen-bond acceptors (Lipinski definition) is 5. The van der Waals surface area contributed by atoms with Gasteiger partial charge in [-0.3, -0.25) is 4.79 Å². The number of carbonyl (C=O) groups excluding carboxylic acids is 1. The largest absolute Gasteiger partial charge is 0.492 e. The molecular weight excluding hydrogens is 464 g/mol. The monoisotopic (exact) mass is 486 g/mol. The average Bonchev–Trinajstić information content (AvgIpc) is 2.69. The van der Waals surface area contributed by atoms with Gasteiger partial charge in [0.2, 0.25) is 15.9 Å². The molecule has 2 rings (SSSR count). The van der Waals surface area contributed by atoms with Gasteiger partial charge in [-0.25, -0.2) is 8.42 Å². The molecule has 1 unspecified atom stereocenters. The van der Waals surface area contributed by atoms with Crippen molar-refractivity contribution in [1.82, 2.24) is 10.0 Å². The van der Waals surface area contributed by atoms with Crippen molar-refractivity contribution in [2.75, 3.05) is 25.2 Å². The van der Waals surface area contributed by atoms with E-state index in [1.165, 1.54) is 12.1 Å². The van der Waals surface area contributed by atoms with Crippen LogP contribution in [-0.4, -0.2) is 45.5 Å². The molecule has 2 aromatic carbocycles. The van der Waals surface area contributed by atoms with Crippen LogP contribution in [0.4, 0.5) is 0 Å². The van der Waals surface area contributed by atoms with E-state index in [4.69, 9.17) is 4.74 Å². The summed E-state index contributed by atoms with van der Waals surface area (Å²) in [5.74, 6) is 0.975. The molecule has 0 spiro atoms. The highest BCUT2D eigenvalue weighted by atomic mass is 79.9. The Morgan fingerprint density at radius 3 is 2.61 bits per heavy atom. The van der Waals surface area contributed by atoms with E-state index in [0.717, 1.165) is 4.47 Å². The summed E-state index contributed by atoms with van der Waals surface area (Å²) < 4.78 is 34.1. The van der Waals surface area contributed by atoms with Crippen LogP contribution in [-0.2, 0) is 14.8 Å². The van der Waals surface area contributed by atoms with E-state index in [1.807, 2.05) is 30.5 Å². The quantitative estimate of drug-likeness (QED) is 0.476. The summed E-state index contributed by atoms with van der Waals surface area (Å²) in [7, 11) is -3.77. The van der Waals surface area contributed by atoms with Crippen molar-refractivity contribution >= 4 is 43.6 Å². The first kappa shape index (κ1) is 22.7. The molecule has 1 atom stereocenters. The third-order valence-corrected chi connectivity index (χ3v) is 6.37. The fourth-order valence-electron chi connectivity index (χ4n) is 2.36. The number of sulfonamides is 1. The summed E-state index contributed by atoms with van der Waals surface area (Å²) in [6, 6.07) is 14.6. The second-order valence-electron chi connectivity index (χ2n) is 5.87. The minimum absolute atomic E-state index is 0.134. The first-order chi connectivity index (χ1) is 13.4. The van der Waals surface area contributed by atoms with Gasteiger partial charge >= 0.3 is 0 Å². The summed E-state index contributed by atoms with van der Waals surface area (Å²) >= 11 is 4.92. The zero-order valence-corrected chi connectivity index (χ0v) is 18.6. The Balaban J connectivity index is 1.91. The Bertz CT molecular complexity index is 863. The number of carbonyl (C=O) groups is 1. The Morgan fingerprint density at radius 2 is 1.93 bits per heavy atom. The predicted octanol–water partition coefficient (Wildman–Crippen LogP) is 3.04. The molecule has 0 heterocycles. The normalized spacial score (nSPS) is 12.4. The van der Waals surface area contributed by atoms with E-state index in [-0.39, 0.29) is 24.0 Å². The summed E-state index contributed by atoms with van der Waals surface area (Å²) in [6.07, 6.45) is 2.30. The van der Waals surface area contributed by atoms with E-state index < -0.39 is 16.1 Å². The Hall–Kier alpha value is -1.55. The van der Waals surface area contributed by atoms with Crippen LogP contribution in [0.3, 0.4) is 0 Å². The maximum atomic E-state index is 12.5. The number of thioether (sulfide) groups is 1. The molecule has 0 radical (unpaired) electrons. The van der Waals surface area contributed by atoms with Crippen molar-refractivity contribution in [1.29, 1.82) is 0 Å². The number of ether oxygens (including phenoxy) is 1. The molecule has 0 aromatic heterocycles. The third-order valence-electron chi connectivity index (χ3n) is 3.74. The van der Waals surface area contributed by atoms with Crippen molar-refractivity contribution < 1.29 is 17.9 Å². The zero-order chi connectivity index (χ0) is 20.4. The molecule has 2 aromatic rings. The van der Waals surface area contributed by atoms with Gasteiger partial charge < -0.3 is 10.1 Å². The lowest BCUT2D eigenvalue weighted by atomic mass is 10.2. The molecule has 0 fully saturated rings. The second-order valence-corrected chi connectivity index (χ2v) is 9.48. The number of halogens is 1. The van der Waals surface area contributed by atoms with Gasteiger partial charge in [-0.2, -0.15) is 16.5 Å². The van der Waals surface area contributed by atoms with Crippen LogP contribution in [0.25, 0.3) is 0 Å². The maximum Gasteiger partial charge on any atom is 0.241 e. The van der Waals surface area contributed by atoms with Crippen molar-refractivity contribution in [3.05, 3.63) is 59.1 Å². The van der Waals surface area contributed by atoms with Gasteiger partial charge in [0, 0.05) is 4.47 Å². The summed E-state index contributed by atoms with van der Waals surface area (Å²) in [5, 5.41) is 2.74. The standard InChI is InChI=1S/C19H23BrN2O4S2/c1-27-13-10-18(22-28(24,25)17-8-3-2-4-9-17)19(23)21-11-12-26-16-7-5-6-15(20)14-16/h2-9,14,18,22H,10-13H2,1H3,(H,21,23). The van der Waals surface area contributed by atoms with Gasteiger partial charge in [0.15, 0.2) is 0 Å². The number of benzene rings is 2. The van der Waals surface area contributed by atoms with Crippen molar-refractivity contribution in [2.45, 2.75) is 17.4 Å². The molecule has 2 N–H and O–H groups in total. The van der Waals surface area contributed by atoms with Crippen LogP contribution in [0.15, 0.2) is 64.0 Å². The number of amides is 1. The smallest absolute Gasteiger partial charge is 0.241 e. The lowest BCUT2D eigenvalue weighted by Crippen LogP contribution is -2.47. The van der Waals surface area contributed by atoms with Crippen LogP contribution in [0.1, 0.15) is 6.42 Å². The fraction of sp³-hybridized carbons (Fsp3) is 0.316. The molecule has 0 saturated heterocycles. The van der Waals surface area contributed by atoms with Crippen molar-refractivity contribution in [3.63, 3.8) is 0 Å². The van der Waals surface area contributed by atoms with E-state index in [9.17, 15) is 13.2 Å². The van der Waals surface area contributed by atoms with E-state index in [1.54, 1.807) is 30.0 Å². The molecule has 1 amide bonds. The van der Waals surface area contributed by atoms with E-state index in [0.29, 0.717) is 17.9 Å². The van der Waals surface area contributed by atoms with Gasteiger partial charge in [0.1, 0.15) is 18.4 Å². The first-order valence-corrected chi connectivity index (χ1v) is 12.3. The summed E-state index contributed by atoms with van der Waals surface area (Å²) in [5.41, 5.74) is 0. The van der Waals surface area contributed by atoms with Gasteiger partial charge in [-0.05, 0) is 48.8 Å². The molecule has 0 aliphatic carbocycles. The van der Waals surface area contributed by atoms with Crippen molar-refractivity contribution in [2.24, 2.45) is 0 Å². The average molecular weight is 487 g/mol. The highest BCUT2D eigenvalue weighted by Gasteiger charge is 2.25. The fourth-order valence-corrected chi connectivity index (χ4v) is 4.46. The minimum atomic E-state index is -3.77. The Kier molecular flexibility index (Phi) is 9.30. The molecule has 0 aliphatic rings.